The Balaban J connectivity index is 1.52. The van der Waals surface area contributed by atoms with Crippen LogP contribution in [0.4, 0.5) is 0 Å². The molecule has 0 radical (unpaired) electrons. The highest BCUT2D eigenvalue weighted by Crippen LogP contribution is 2.33. The fraction of sp³-hybridized carbons (Fsp3) is 0.429. The largest absolute Gasteiger partial charge is 0.494 e. The van der Waals surface area contributed by atoms with Crippen LogP contribution in [-0.4, -0.2) is 111 Å². The number of fused-ring (bicyclic) bond motifs is 1. The zero-order chi connectivity index (χ0) is 33.6. The molecule has 0 aliphatic rings. The van der Waals surface area contributed by atoms with E-state index in [1.54, 1.807) is 16.7 Å². The molecule has 0 saturated carbocycles. The van der Waals surface area contributed by atoms with E-state index in [0.29, 0.717) is 48.0 Å². The van der Waals surface area contributed by atoms with Gasteiger partial charge in [-0.25, -0.2) is 0 Å². The van der Waals surface area contributed by atoms with Gasteiger partial charge in [-0.3, -0.25) is 0 Å². The van der Waals surface area contributed by atoms with Crippen molar-refractivity contribution < 1.29 is 32.7 Å². The Bertz CT molecular complexity index is 1790. The van der Waals surface area contributed by atoms with E-state index in [0.717, 1.165) is 62.1 Å². The molecule has 11 nitrogen and oxygen atoms in total. The number of quaternary nitrogens is 2. The van der Waals surface area contributed by atoms with Gasteiger partial charge in [-0.2, -0.15) is 0 Å². The molecule has 0 unspecified atom stereocenters. The number of hydrogen-bond acceptors (Lipinski definition) is 8. The van der Waals surface area contributed by atoms with Crippen molar-refractivity contribution in [3.8, 4) is 45.2 Å². The van der Waals surface area contributed by atoms with Gasteiger partial charge in [0.2, 0.25) is 0 Å². The molecule has 0 aliphatic heterocycles. The summed E-state index contributed by atoms with van der Waals surface area (Å²) in [5.41, 5.74) is 2.40. The van der Waals surface area contributed by atoms with Crippen LogP contribution in [0.5, 0.6) is 23.0 Å². The van der Waals surface area contributed by atoms with Crippen molar-refractivity contribution in [2.75, 3.05) is 82.3 Å². The number of para-hydroxylation sites is 2. The summed E-state index contributed by atoms with van der Waals surface area (Å²) in [5.74, 6) is 3.35. The Morgan fingerprint density at radius 2 is 1.49 bits per heavy atom. The average molecular weight is 663 g/mol. The Hall–Kier alpha value is -4.26. The molecule has 0 fully saturated rings. The number of aromatic nitrogens is 5. The van der Waals surface area contributed by atoms with E-state index in [2.05, 4.69) is 42.3 Å². The van der Waals surface area contributed by atoms with Gasteiger partial charge in [-0.1, -0.05) is 28.5 Å². The van der Waals surface area contributed by atoms with Crippen LogP contribution in [0.3, 0.4) is 0 Å². The smallest absolute Gasteiger partial charge is 0.365 e. The third-order valence-corrected chi connectivity index (χ3v) is 8.34. The molecular formula is C35H48N7O4S+3. The zero-order valence-electron chi connectivity index (χ0n) is 28.9. The minimum absolute atomic E-state index is 0.508. The fourth-order valence-corrected chi connectivity index (χ4v) is 5.96. The van der Waals surface area contributed by atoms with Gasteiger partial charge in [-0.15, -0.1) is 0 Å². The van der Waals surface area contributed by atoms with E-state index >= 15 is 0 Å². The molecule has 47 heavy (non-hydrogen) atoms. The van der Waals surface area contributed by atoms with Crippen LogP contribution >= 0.6 is 11.3 Å². The van der Waals surface area contributed by atoms with Crippen LogP contribution in [0.1, 0.15) is 19.8 Å². The van der Waals surface area contributed by atoms with Gasteiger partial charge in [0.1, 0.15) is 11.5 Å². The molecule has 250 valence electrons. The number of thiazole rings is 1. The molecule has 5 rings (SSSR count). The first-order valence-corrected chi connectivity index (χ1v) is 16.8. The summed E-state index contributed by atoms with van der Waals surface area (Å²) in [6.45, 7) is 5.78. The van der Waals surface area contributed by atoms with Gasteiger partial charge in [-0.05, 0) is 64.1 Å². The van der Waals surface area contributed by atoms with Gasteiger partial charge >= 0.3 is 5.13 Å². The quantitative estimate of drug-likeness (QED) is 0.0819. The van der Waals surface area contributed by atoms with Crippen molar-refractivity contribution in [3.63, 3.8) is 0 Å². The van der Waals surface area contributed by atoms with Gasteiger partial charge < -0.3 is 27.9 Å². The third kappa shape index (κ3) is 8.97. The normalized spacial score (nSPS) is 12.0. The van der Waals surface area contributed by atoms with Crippen molar-refractivity contribution in [2.24, 2.45) is 0 Å². The average Bonchev–Trinajstić information content (AvgIpc) is 3.65. The van der Waals surface area contributed by atoms with E-state index in [1.807, 2.05) is 67.6 Å². The van der Waals surface area contributed by atoms with Crippen molar-refractivity contribution in [3.05, 3.63) is 60.7 Å². The monoisotopic (exact) mass is 662 g/mol. The summed E-state index contributed by atoms with van der Waals surface area (Å²) in [5, 5.41) is 10.7. The highest BCUT2D eigenvalue weighted by Gasteiger charge is 2.27. The van der Waals surface area contributed by atoms with Gasteiger partial charge in [0.15, 0.2) is 22.7 Å². The lowest BCUT2D eigenvalue weighted by Crippen LogP contribution is -2.43. The highest BCUT2D eigenvalue weighted by atomic mass is 32.1. The number of benzene rings is 3. The van der Waals surface area contributed by atoms with Crippen molar-refractivity contribution in [1.29, 1.82) is 0 Å². The second-order valence-electron chi connectivity index (χ2n) is 13.4. The number of nitrogens with zero attached hydrogens (tertiary/aromatic N) is 7. The second kappa shape index (κ2) is 14.7. The van der Waals surface area contributed by atoms with Gasteiger partial charge in [0.25, 0.3) is 5.82 Å². The maximum absolute atomic E-state index is 6.33. The van der Waals surface area contributed by atoms with Crippen molar-refractivity contribution >= 4 is 21.6 Å². The van der Waals surface area contributed by atoms with Crippen LogP contribution in [0, 0.1) is 0 Å². The van der Waals surface area contributed by atoms with Crippen LogP contribution in [0.15, 0.2) is 60.7 Å². The van der Waals surface area contributed by atoms with Crippen LogP contribution in [-0.2, 0) is 0 Å². The summed E-state index contributed by atoms with van der Waals surface area (Å²) in [4.78, 5) is 8.42. The lowest BCUT2D eigenvalue weighted by atomic mass is 10.2. The molecule has 0 bridgehead atoms. The minimum atomic E-state index is 0.508. The summed E-state index contributed by atoms with van der Waals surface area (Å²) in [6, 6.07) is 19.6. The molecule has 0 amide bonds. The standard InChI is InChI=1S/C35H48N7O4S/c1-9-44-27-17-18-28-33(25-27)47-35(36-28)40-38-34(26-16-19-31(32(24-26)43-8)46-23-13-21-42(5,6)7)37-39(40)29-14-10-11-15-30(29)45-22-12-20-41(2,3)4/h10-11,14-19,24-25H,9,12-13,20-23H2,1-8H3/q+3. The van der Waals surface area contributed by atoms with E-state index in [1.165, 1.54) is 11.3 Å². The summed E-state index contributed by atoms with van der Waals surface area (Å²) < 4.78 is 26.7. The predicted molar refractivity (Wildman–Crippen MR) is 185 cm³/mol. The van der Waals surface area contributed by atoms with E-state index in [4.69, 9.17) is 34.1 Å². The topological polar surface area (TPSA) is 84.4 Å². The maximum atomic E-state index is 6.33. The number of hydrogen-bond donors (Lipinski definition) is 0. The summed E-state index contributed by atoms with van der Waals surface area (Å²) in [6.07, 6.45) is 1.86. The summed E-state index contributed by atoms with van der Waals surface area (Å²) >= 11 is 1.52. The van der Waals surface area contributed by atoms with E-state index in [9.17, 15) is 0 Å². The molecule has 0 N–H and O–H groups in total. The Morgan fingerprint density at radius 3 is 2.17 bits per heavy atom. The first-order chi connectivity index (χ1) is 22.4. The first-order valence-electron chi connectivity index (χ1n) is 16.0. The number of tetrazole rings is 1. The van der Waals surface area contributed by atoms with Gasteiger partial charge in [0, 0.05) is 29.6 Å². The van der Waals surface area contributed by atoms with Crippen LogP contribution < -0.4 is 23.7 Å². The predicted octanol–water partition coefficient (Wildman–Crippen LogP) is 5.18. The van der Waals surface area contributed by atoms with E-state index in [-0.39, 0.29) is 0 Å². The molecule has 3 aromatic carbocycles. The Morgan fingerprint density at radius 1 is 0.787 bits per heavy atom. The Labute approximate surface area is 281 Å². The summed E-state index contributed by atoms with van der Waals surface area (Å²) in [7, 11) is 14.7. The second-order valence-corrected chi connectivity index (χ2v) is 14.4. The van der Waals surface area contributed by atoms with E-state index < -0.39 is 0 Å². The van der Waals surface area contributed by atoms with Gasteiger partial charge in [0.05, 0.1) is 87.0 Å². The molecule has 5 aromatic rings. The molecule has 0 aliphatic carbocycles. The number of methoxy groups -OCH3 is 1. The van der Waals surface area contributed by atoms with Crippen LogP contribution in [0.2, 0.25) is 0 Å². The first kappa shape index (κ1) is 34.1. The minimum Gasteiger partial charge on any atom is -0.494 e. The maximum Gasteiger partial charge on any atom is 0.365 e. The Kier molecular flexibility index (Phi) is 10.6. The molecule has 2 heterocycles. The molecule has 2 aromatic heterocycles. The third-order valence-electron chi connectivity index (χ3n) is 7.35. The fourth-order valence-electron chi connectivity index (χ4n) is 5.03. The molecule has 12 heteroatoms. The highest BCUT2D eigenvalue weighted by molar-refractivity contribution is 7.20. The van der Waals surface area contributed by atoms with Crippen molar-refractivity contribution in [1.82, 2.24) is 20.0 Å². The molecule has 0 atom stereocenters. The zero-order valence-corrected chi connectivity index (χ0v) is 29.7. The number of ether oxygens (including phenoxy) is 4. The lowest BCUT2D eigenvalue weighted by molar-refractivity contribution is -0.870. The molecule has 0 spiro atoms. The number of rotatable bonds is 16. The molecular weight excluding hydrogens is 614 g/mol. The van der Waals surface area contributed by atoms with Crippen LogP contribution in [0.25, 0.3) is 32.4 Å². The lowest BCUT2D eigenvalue weighted by Gasteiger charge is -2.23. The van der Waals surface area contributed by atoms with Crippen molar-refractivity contribution in [2.45, 2.75) is 19.8 Å². The molecule has 0 saturated heterocycles. The SMILES string of the molecule is CCOc1ccc2nc(-[n+]3nc(-c4ccc(OCCC[N+](C)(C)C)c(OC)c4)nn3-c3ccccc3OCCC[N+](C)(C)C)sc2c1.